The minimum atomic E-state index is -0.335. The molecule has 0 spiro atoms. The monoisotopic (exact) mass is 270 g/mol. The third-order valence-corrected chi connectivity index (χ3v) is 3.31. The topological polar surface area (TPSA) is 35.5 Å². The summed E-state index contributed by atoms with van der Waals surface area (Å²) in [6.45, 7) is 3.91. The van der Waals surface area contributed by atoms with Crippen LogP contribution in [0.25, 0.3) is 11.1 Å². The van der Waals surface area contributed by atoms with Gasteiger partial charge in [0.15, 0.2) is 0 Å². The molecule has 0 radical (unpaired) electrons. The van der Waals surface area contributed by atoms with Crippen molar-refractivity contribution in [3.8, 4) is 16.9 Å². The van der Waals surface area contributed by atoms with Crippen molar-refractivity contribution in [2.45, 2.75) is 13.8 Å². The Morgan fingerprint density at radius 3 is 2.20 bits per heavy atom. The maximum atomic E-state index is 11.8. The molecule has 0 aromatic heterocycles. The van der Waals surface area contributed by atoms with E-state index in [0.717, 1.165) is 22.4 Å². The first-order chi connectivity index (χ1) is 9.56. The van der Waals surface area contributed by atoms with Crippen molar-refractivity contribution in [2.75, 3.05) is 14.2 Å². The average molecular weight is 270 g/mol. The zero-order valence-corrected chi connectivity index (χ0v) is 12.2. The molecule has 0 heterocycles. The van der Waals surface area contributed by atoms with Gasteiger partial charge in [0.05, 0.1) is 19.8 Å². The first kappa shape index (κ1) is 14.1. The lowest BCUT2D eigenvalue weighted by atomic mass is 9.98. The second kappa shape index (κ2) is 5.78. The molecule has 2 aromatic carbocycles. The minimum absolute atomic E-state index is 0.335. The van der Waals surface area contributed by atoms with Crippen molar-refractivity contribution in [1.82, 2.24) is 0 Å². The van der Waals surface area contributed by atoms with Crippen molar-refractivity contribution in [3.05, 3.63) is 53.1 Å². The van der Waals surface area contributed by atoms with E-state index < -0.39 is 0 Å². The number of carbonyl (C=O) groups excluding carboxylic acids is 1. The van der Waals surface area contributed by atoms with Gasteiger partial charge in [-0.05, 0) is 37.1 Å². The molecule has 104 valence electrons. The van der Waals surface area contributed by atoms with Crippen molar-refractivity contribution in [2.24, 2.45) is 0 Å². The van der Waals surface area contributed by atoms with Gasteiger partial charge in [-0.2, -0.15) is 0 Å². The van der Waals surface area contributed by atoms with Crippen LogP contribution in [0.4, 0.5) is 0 Å². The van der Waals surface area contributed by atoms with Crippen LogP contribution in [0.1, 0.15) is 21.5 Å². The molecule has 2 aromatic rings. The van der Waals surface area contributed by atoms with Crippen LogP contribution < -0.4 is 4.74 Å². The quantitative estimate of drug-likeness (QED) is 0.796. The Morgan fingerprint density at radius 2 is 1.65 bits per heavy atom. The molecule has 0 aliphatic heterocycles. The fraction of sp³-hybridized carbons (Fsp3) is 0.235. The summed E-state index contributed by atoms with van der Waals surface area (Å²) >= 11 is 0. The van der Waals surface area contributed by atoms with Crippen LogP contribution in [0, 0.1) is 13.8 Å². The van der Waals surface area contributed by atoms with Gasteiger partial charge in [0.25, 0.3) is 0 Å². The van der Waals surface area contributed by atoms with Gasteiger partial charge in [0.1, 0.15) is 5.75 Å². The summed E-state index contributed by atoms with van der Waals surface area (Å²) in [5.74, 6) is 0.414. The predicted octanol–water partition coefficient (Wildman–Crippen LogP) is 3.77. The van der Waals surface area contributed by atoms with Crippen LogP contribution >= 0.6 is 0 Å². The fourth-order valence-electron chi connectivity index (χ4n) is 2.14. The highest BCUT2D eigenvalue weighted by atomic mass is 16.5. The number of ether oxygens (including phenoxy) is 2. The highest BCUT2D eigenvalue weighted by Gasteiger charge is 2.15. The number of rotatable bonds is 3. The molecule has 2 rings (SSSR count). The smallest absolute Gasteiger partial charge is 0.338 e. The van der Waals surface area contributed by atoms with Crippen molar-refractivity contribution >= 4 is 5.97 Å². The summed E-state index contributed by atoms with van der Waals surface area (Å²) in [6.07, 6.45) is 0. The van der Waals surface area contributed by atoms with Gasteiger partial charge in [-0.15, -0.1) is 0 Å². The van der Waals surface area contributed by atoms with Crippen LogP contribution in [-0.2, 0) is 4.74 Å². The lowest BCUT2D eigenvalue weighted by molar-refractivity contribution is 0.0600. The second-order valence-corrected chi connectivity index (χ2v) is 4.73. The number of carbonyl (C=O) groups is 1. The number of hydrogen-bond acceptors (Lipinski definition) is 3. The van der Waals surface area contributed by atoms with E-state index in [9.17, 15) is 4.79 Å². The Labute approximate surface area is 119 Å². The molecule has 0 aliphatic rings. The summed E-state index contributed by atoms with van der Waals surface area (Å²) < 4.78 is 10.2. The number of methoxy groups -OCH3 is 2. The van der Waals surface area contributed by atoms with E-state index in [1.807, 2.05) is 50.2 Å². The first-order valence-corrected chi connectivity index (χ1v) is 6.40. The molecular formula is C17H18O3. The molecular weight excluding hydrogens is 252 g/mol. The zero-order chi connectivity index (χ0) is 14.7. The molecule has 0 aliphatic carbocycles. The van der Waals surface area contributed by atoms with Crippen LogP contribution in [-0.4, -0.2) is 20.2 Å². The molecule has 0 fully saturated rings. The highest BCUT2D eigenvalue weighted by molar-refractivity contribution is 5.93. The van der Waals surface area contributed by atoms with Gasteiger partial charge in [0, 0.05) is 5.56 Å². The minimum Gasteiger partial charge on any atom is -0.496 e. The van der Waals surface area contributed by atoms with E-state index in [1.54, 1.807) is 7.11 Å². The Kier molecular flexibility index (Phi) is 4.08. The van der Waals surface area contributed by atoms with Crippen molar-refractivity contribution in [3.63, 3.8) is 0 Å². The van der Waals surface area contributed by atoms with Crippen LogP contribution in [0.5, 0.6) is 5.75 Å². The second-order valence-electron chi connectivity index (χ2n) is 4.73. The SMILES string of the molecule is COC(=O)c1cc(-c2ccc(C)cc2)c(OC)cc1C. The predicted molar refractivity (Wildman–Crippen MR) is 79.2 cm³/mol. The number of hydrogen-bond donors (Lipinski definition) is 0. The third-order valence-electron chi connectivity index (χ3n) is 3.31. The maximum absolute atomic E-state index is 11.8. The molecule has 20 heavy (non-hydrogen) atoms. The average Bonchev–Trinajstić information content (AvgIpc) is 2.47. The summed E-state index contributed by atoms with van der Waals surface area (Å²) in [6, 6.07) is 11.8. The molecule has 0 amide bonds. The summed E-state index contributed by atoms with van der Waals surface area (Å²) in [5, 5.41) is 0. The molecule has 0 saturated heterocycles. The van der Waals surface area contributed by atoms with Gasteiger partial charge < -0.3 is 9.47 Å². The maximum Gasteiger partial charge on any atom is 0.338 e. The van der Waals surface area contributed by atoms with Gasteiger partial charge >= 0.3 is 5.97 Å². The van der Waals surface area contributed by atoms with E-state index in [1.165, 1.54) is 12.7 Å². The zero-order valence-electron chi connectivity index (χ0n) is 12.2. The molecule has 3 nitrogen and oxygen atoms in total. The summed E-state index contributed by atoms with van der Waals surface area (Å²) in [5.41, 5.74) is 4.48. The number of benzene rings is 2. The number of esters is 1. The Morgan fingerprint density at radius 1 is 1.00 bits per heavy atom. The van der Waals surface area contributed by atoms with E-state index in [-0.39, 0.29) is 5.97 Å². The van der Waals surface area contributed by atoms with E-state index in [2.05, 4.69) is 0 Å². The molecule has 0 saturated carbocycles. The van der Waals surface area contributed by atoms with Crippen LogP contribution in [0.3, 0.4) is 0 Å². The van der Waals surface area contributed by atoms with Crippen molar-refractivity contribution in [1.29, 1.82) is 0 Å². The van der Waals surface area contributed by atoms with Gasteiger partial charge in [-0.25, -0.2) is 4.79 Å². The van der Waals surface area contributed by atoms with E-state index >= 15 is 0 Å². The van der Waals surface area contributed by atoms with Crippen molar-refractivity contribution < 1.29 is 14.3 Å². The number of aryl methyl sites for hydroxylation is 2. The molecule has 3 heteroatoms. The summed E-state index contributed by atoms with van der Waals surface area (Å²) in [7, 11) is 3.02. The normalized spacial score (nSPS) is 10.2. The van der Waals surface area contributed by atoms with Gasteiger partial charge in [0.2, 0.25) is 0 Å². The standard InChI is InChI=1S/C17H18O3/c1-11-5-7-13(8-6-11)15-10-14(17(18)20-4)12(2)9-16(15)19-3/h5-10H,1-4H3. The Bertz CT molecular complexity index is 627. The molecule has 0 N–H and O–H groups in total. The van der Waals surface area contributed by atoms with Gasteiger partial charge in [-0.3, -0.25) is 0 Å². The lowest BCUT2D eigenvalue weighted by Gasteiger charge is -2.13. The van der Waals surface area contributed by atoms with Crippen LogP contribution in [0.15, 0.2) is 36.4 Å². The largest absolute Gasteiger partial charge is 0.496 e. The third kappa shape index (κ3) is 2.67. The molecule has 0 unspecified atom stereocenters. The van der Waals surface area contributed by atoms with Crippen LogP contribution in [0.2, 0.25) is 0 Å². The fourth-order valence-corrected chi connectivity index (χ4v) is 2.14. The summed E-state index contributed by atoms with van der Waals surface area (Å²) in [4.78, 5) is 11.8. The molecule has 0 bridgehead atoms. The Balaban J connectivity index is 2.61. The van der Waals surface area contributed by atoms with Gasteiger partial charge in [-0.1, -0.05) is 29.8 Å². The van der Waals surface area contributed by atoms with E-state index in [0.29, 0.717) is 5.56 Å². The Hall–Kier alpha value is -2.29. The first-order valence-electron chi connectivity index (χ1n) is 6.40. The highest BCUT2D eigenvalue weighted by Crippen LogP contribution is 2.33. The molecule has 0 atom stereocenters. The lowest BCUT2D eigenvalue weighted by Crippen LogP contribution is -2.05. The van der Waals surface area contributed by atoms with E-state index in [4.69, 9.17) is 9.47 Å².